The third-order valence-corrected chi connectivity index (χ3v) is 4.62. The Hall–Kier alpha value is -0.710. The van der Waals surface area contributed by atoms with Crippen LogP contribution in [0.2, 0.25) is 0 Å². The highest BCUT2D eigenvalue weighted by molar-refractivity contribution is 9.10. The molecule has 0 spiro atoms. The van der Waals surface area contributed by atoms with Crippen LogP contribution < -0.4 is 0 Å². The van der Waals surface area contributed by atoms with E-state index in [-0.39, 0.29) is 5.82 Å². The van der Waals surface area contributed by atoms with Gasteiger partial charge in [-0.15, -0.1) is 11.3 Å². The highest BCUT2D eigenvalue weighted by Gasteiger charge is 2.17. The Balaban J connectivity index is 2.40. The van der Waals surface area contributed by atoms with E-state index < -0.39 is 6.10 Å². The standard InChI is InChI=1S/C13H12BrFOS/c1-7-3-4-9(6-11(7)15)12(16)13-10(14)5-8(2)17-13/h3-6,12,16H,1-2H3. The van der Waals surface area contributed by atoms with Crippen molar-refractivity contribution in [2.24, 2.45) is 0 Å². The number of hydrogen-bond donors (Lipinski definition) is 1. The van der Waals surface area contributed by atoms with E-state index in [0.29, 0.717) is 11.1 Å². The van der Waals surface area contributed by atoms with E-state index in [2.05, 4.69) is 15.9 Å². The van der Waals surface area contributed by atoms with Gasteiger partial charge in [0.25, 0.3) is 0 Å². The first-order valence-corrected chi connectivity index (χ1v) is 6.80. The second-order valence-corrected chi connectivity index (χ2v) is 6.12. The van der Waals surface area contributed by atoms with Crippen molar-refractivity contribution in [2.75, 3.05) is 0 Å². The van der Waals surface area contributed by atoms with Gasteiger partial charge in [-0.1, -0.05) is 12.1 Å². The summed E-state index contributed by atoms with van der Waals surface area (Å²) < 4.78 is 14.3. The zero-order valence-electron chi connectivity index (χ0n) is 9.50. The molecule has 0 radical (unpaired) electrons. The zero-order chi connectivity index (χ0) is 12.6. The molecular weight excluding hydrogens is 303 g/mol. The molecule has 0 aliphatic heterocycles. The average Bonchev–Trinajstić information content (AvgIpc) is 2.61. The van der Waals surface area contributed by atoms with Crippen molar-refractivity contribution in [3.8, 4) is 0 Å². The molecular formula is C13H12BrFOS. The largest absolute Gasteiger partial charge is 0.383 e. The molecule has 0 fully saturated rings. The number of rotatable bonds is 2. The summed E-state index contributed by atoms with van der Waals surface area (Å²) in [5, 5.41) is 10.2. The van der Waals surface area contributed by atoms with Crippen LogP contribution in [-0.2, 0) is 0 Å². The number of aliphatic hydroxyl groups is 1. The quantitative estimate of drug-likeness (QED) is 0.873. The minimum atomic E-state index is -0.779. The second kappa shape index (κ2) is 4.88. The first-order valence-electron chi connectivity index (χ1n) is 5.19. The number of aryl methyl sites for hydroxylation is 2. The summed E-state index contributed by atoms with van der Waals surface area (Å²) in [6.45, 7) is 3.68. The fourth-order valence-corrected chi connectivity index (χ4v) is 3.50. The van der Waals surface area contributed by atoms with Crippen LogP contribution in [-0.4, -0.2) is 5.11 Å². The lowest BCUT2D eigenvalue weighted by molar-refractivity contribution is 0.223. The van der Waals surface area contributed by atoms with E-state index >= 15 is 0 Å². The molecule has 1 atom stereocenters. The Morgan fingerprint density at radius 3 is 2.53 bits per heavy atom. The molecule has 1 unspecified atom stereocenters. The highest BCUT2D eigenvalue weighted by Crippen LogP contribution is 2.35. The van der Waals surface area contributed by atoms with Gasteiger partial charge in [0.05, 0.1) is 4.88 Å². The molecule has 0 amide bonds. The van der Waals surface area contributed by atoms with Gasteiger partial charge < -0.3 is 5.11 Å². The highest BCUT2D eigenvalue weighted by atomic mass is 79.9. The first kappa shape index (κ1) is 12.7. The van der Waals surface area contributed by atoms with Crippen LogP contribution in [0.4, 0.5) is 4.39 Å². The lowest BCUT2D eigenvalue weighted by atomic mass is 10.1. The molecule has 0 bridgehead atoms. The molecule has 2 rings (SSSR count). The fraction of sp³-hybridized carbons (Fsp3) is 0.231. The molecule has 1 heterocycles. The van der Waals surface area contributed by atoms with Crippen molar-refractivity contribution in [1.29, 1.82) is 0 Å². The Morgan fingerprint density at radius 2 is 2.00 bits per heavy atom. The predicted molar refractivity (Wildman–Crippen MR) is 72.0 cm³/mol. The number of hydrogen-bond acceptors (Lipinski definition) is 2. The lowest BCUT2D eigenvalue weighted by Crippen LogP contribution is -1.99. The van der Waals surface area contributed by atoms with Gasteiger partial charge in [-0.2, -0.15) is 0 Å². The maximum absolute atomic E-state index is 13.4. The Kier molecular flexibility index (Phi) is 3.66. The minimum Gasteiger partial charge on any atom is -0.383 e. The van der Waals surface area contributed by atoms with Crippen molar-refractivity contribution in [2.45, 2.75) is 20.0 Å². The molecule has 0 saturated heterocycles. The van der Waals surface area contributed by atoms with Crippen molar-refractivity contribution < 1.29 is 9.50 Å². The Bertz CT molecular complexity index is 550. The predicted octanol–water partition coefficient (Wildman–Crippen LogP) is 4.35. The zero-order valence-corrected chi connectivity index (χ0v) is 11.9. The SMILES string of the molecule is Cc1cc(Br)c(C(O)c2ccc(C)c(F)c2)s1. The molecule has 0 saturated carbocycles. The molecule has 1 nitrogen and oxygen atoms in total. The van der Waals surface area contributed by atoms with Gasteiger partial charge in [0.2, 0.25) is 0 Å². The summed E-state index contributed by atoms with van der Waals surface area (Å²) in [6.07, 6.45) is -0.779. The molecule has 0 aliphatic carbocycles. The van der Waals surface area contributed by atoms with E-state index in [1.165, 1.54) is 17.4 Å². The van der Waals surface area contributed by atoms with Gasteiger partial charge in [0, 0.05) is 9.35 Å². The van der Waals surface area contributed by atoms with Crippen LogP contribution in [0.1, 0.15) is 27.0 Å². The number of halogens is 2. The van der Waals surface area contributed by atoms with Gasteiger partial charge >= 0.3 is 0 Å². The van der Waals surface area contributed by atoms with Crippen LogP contribution >= 0.6 is 27.3 Å². The molecule has 4 heteroatoms. The number of benzene rings is 1. The maximum Gasteiger partial charge on any atom is 0.126 e. The molecule has 1 N–H and O–H groups in total. The van der Waals surface area contributed by atoms with Crippen molar-refractivity contribution in [3.05, 3.63) is 55.4 Å². The summed E-state index contributed by atoms with van der Waals surface area (Å²) >= 11 is 4.91. The molecule has 1 aromatic carbocycles. The summed E-state index contributed by atoms with van der Waals surface area (Å²) in [5.41, 5.74) is 1.16. The summed E-state index contributed by atoms with van der Waals surface area (Å²) in [4.78, 5) is 1.92. The first-order chi connectivity index (χ1) is 7.99. The Labute approximate surface area is 112 Å². The van der Waals surface area contributed by atoms with Gasteiger partial charge in [-0.25, -0.2) is 4.39 Å². The Morgan fingerprint density at radius 1 is 1.29 bits per heavy atom. The van der Waals surface area contributed by atoms with E-state index in [1.54, 1.807) is 19.1 Å². The average molecular weight is 315 g/mol. The van der Waals surface area contributed by atoms with Gasteiger partial charge in [-0.3, -0.25) is 0 Å². The lowest BCUT2D eigenvalue weighted by Gasteiger charge is -2.10. The molecule has 0 aliphatic rings. The van der Waals surface area contributed by atoms with Crippen LogP contribution in [0.3, 0.4) is 0 Å². The van der Waals surface area contributed by atoms with E-state index in [0.717, 1.165) is 14.2 Å². The number of thiophene rings is 1. The van der Waals surface area contributed by atoms with E-state index in [1.807, 2.05) is 13.0 Å². The van der Waals surface area contributed by atoms with Crippen molar-refractivity contribution in [1.82, 2.24) is 0 Å². The van der Waals surface area contributed by atoms with Gasteiger partial charge in [-0.05, 0) is 53.0 Å². The van der Waals surface area contributed by atoms with Crippen LogP contribution in [0.5, 0.6) is 0 Å². The van der Waals surface area contributed by atoms with Crippen LogP contribution in [0, 0.1) is 19.7 Å². The third-order valence-electron chi connectivity index (χ3n) is 2.60. The molecule has 2 aromatic rings. The van der Waals surface area contributed by atoms with E-state index in [9.17, 15) is 9.50 Å². The monoisotopic (exact) mass is 314 g/mol. The van der Waals surface area contributed by atoms with Crippen LogP contribution in [0.15, 0.2) is 28.7 Å². The minimum absolute atomic E-state index is 0.286. The maximum atomic E-state index is 13.4. The van der Waals surface area contributed by atoms with E-state index in [4.69, 9.17) is 0 Å². The van der Waals surface area contributed by atoms with Crippen LogP contribution in [0.25, 0.3) is 0 Å². The van der Waals surface area contributed by atoms with Crippen molar-refractivity contribution in [3.63, 3.8) is 0 Å². The summed E-state index contributed by atoms with van der Waals surface area (Å²) in [6, 6.07) is 6.78. The molecule has 1 aromatic heterocycles. The third kappa shape index (κ3) is 2.59. The smallest absolute Gasteiger partial charge is 0.126 e. The number of aliphatic hydroxyl groups excluding tert-OH is 1. The molecule has 17 heavy (non-hydrogen) atoms. The topological polar surface area (TPSA) is 20.2 Å². The normalized spacial score (nSPS) is 12.8. The van der Waals surface area contributed by atoms with Gasteiger partial charge in [0.1, 0.15) is 11.9 Å². The summed E-state index contributed by atoms with van der Waals surface area (Å²) in [5.74, 6) is -0.286. The van der Waals surface area contributed by atoms with Gasteiger partial charge in [0.15, 0.2) is 0 Å². The molecule has 90 valence electrons. The van der Waals surface area contributed by atoms with Crippen molar-refractivity contribution >= 4 is 27.3 Å². The fourth-order valence-electron chi connectivity index (χ4n) is 1.62. The second-order valence-electron chi connectivity index (χ2n) is 3.98. The summed E-state index contributed by atoms with van der Waals surface area (Å²) in [7, 11) is 0.